The van der Waals surface area contributed by atoms with Crippen molar-refractivity contribution in [1.82, 2.24) is 20.1 Å². The van der Waals surface area contributed by atoms with Crippen LogP contribution in [0.25, 0.3) is 11.4 Å². The minimum absolute atomic E-state index is 0.156. The average molecular weight is 488 g/mol. The number of hydrogen-bond acceptors (Lipinski definition) is 7. The van der Waals surface area contributed by atoms with Crippen LogP contribution in [0.2, 0.25) is 0 Å². The van der Waals surface area contributed by atoms with E-state index in [1.807, 2.05) is 6.07 Å². The van der Waals surface area contributed by atoms with Gasteiger partial charge in [0.25, 0.3) is 10.0 Å². The van der Waals surface area contributed by atoms with Crippen molar-refractivity contribution >= 4 is 33.6 Å². The number of benzene rings is 2. The second-order valence-corrected chi connectivity index (χ2v) is 10.7. The molecule has 1 aromatic heterocycles. The molecule has 2 heterocycles. The number of nitrogens with zero attached hydrogens (tertiary/aromatic N) is 3. The van der Waals surface area contributed by atoms with Gasteiger partial charge in [0.15, 0.2) is 11.0 Å². The molecule has 1 amide bonds. The smallest absolute Gasteiger partial charge is 0.407 e. The molecule has 4 rings (SSSR count). The fourth-order valence-corrected chi connectivity index (χ4v) is 5.50. The third-order valence-electron chi connectivity index (χ3n) is 5.03. The van der Waals surface area contributed by atoms with E-state index >= 15 is 0 Å². The van der Waals surface area contributed by atoms with E-state index in [0.717, 1.165) is 28.7 Å². The van der Waals surface area contributed by atoms with E-state index < -0.39 is 16.1 Å². The van der Waals surface area contributed by atoms with Crippen molar-refractivity contribution in [2.24, 2.45) is 0 Å². The minimum Gasteiger partial charge on any atom is -0.450 e. The van der Waals surface area contributed by atoms with Crippen molar-refractivity contribution in [3.63, 3.8) is 0 Å². The number of carbonyl (C=O) groups excluding carboxylic acids is 1. The van der Waals surface area contributed by atoms with E-state index in [4.69, 9.17) is 4.74 Å². The summed E-state index contributed by atoms with van der Waals surface area (Å²) in [6.07, 6.45) is 0.0984. The predicted octanol–water partition coefficient (Wildman–Crippen LogP) is 3.53. The lowest BCUT2D eigenvalue weighted by atomic mass is 10.1. The average Bonchev–Trinajstić information content (AvgIpc) is 3.33. The Hall–Kier alpha value is -3.05. The second kappa shape index (κ2) is 9.84. The molecule has 2 N–H and O–H groups in total. The van der Waals surface area contributed by atoms with Crippen molar-refractivity contribution in [1.29, 1.82) is 0 Å². The van der Waals surface area contributed by atoms with Crippen LogP contribution >= 0.6 is 11.8 Å². The molecule has 0 saturated heterocycles. The zero-order valence-electron chi connectivity index (χ0n) is 18.3. The molecule has 0 spiro atoms. The highest BCUT2D eigenvalue weighted by molar-refractivity contribution is 7.99. The van der Waals surface area contributed by atoms with Crippen molar-refractivity contribution in [3.8, 4) is 11.4 Å². The van der Waals surface area contributed by atoms with Crippen LogP contribution in [0.3, 0.4) is 0 Å². The lowest BCUT2D eigenvalue weighted by Crippen LogP contribution is -2.26. The first-order chi connectivity index (χ1) is 15.9. The number of fused-ring (bicyclic) bond motifs is 1. The number of thioether (sulfide) groups is 1. The van der Waals surface area contributed by atoms with Gasteiger partial charge in [-0.25, -0.2) is 13.2 Å². The largest absolute Gasteiger partial charge is 0.450 e. The molecule has 1 unspecified atom stereocenters. The Bertz CT molecular complexity index is 1240. The fraction of sp³-hybridized carbons (Fsp3) is 0.318. The molecule has 0 saturated carbocycles. The van der Waals surface area contributed by atoms with Crippen LogP contribution in [0.4, 0.5) is 10.5 Å². The Labute approximate surface area is 197 Å². The number of hydrogen-bond donors (Lipinski definition) is 2. The molecular weight excluding hydrogens is 462 g/mol. The topological polar surface area (TPSA) is 115 Å². The third kappa shape index (κ3) is 5.48. The van der Waals surface area contributed by atoms with Crippen molar-refractivity contribution in [3.05, 3.63) is 54.1 Å². The maximum atomic E-state index is 12.9. The van der Waals surface area contributed by atoms with Gasteiger partial charge < -0.3 is 14.6 Å². The Morgan fingerprint density at radius 1 is 1.21 bits per heavy atom. The lowest BCUT2D eigenvalue weighted by molar-refractivity contribution is 0.152. The molecule has 33 heavy (non-hydrogen) atoms. The van der Waals surface area contributed by atoms with Crippen LogP contribution in [0.1, 0.15) is 19.4 Å². The number of amides is 1. The van der Waals surface area contributed by atoms with Gasteiger partial charge in [-0.05, 0) is 43.2 Å². The number of alkyl carbamates (subject to hydrolysis) is 1. The molecule has 0 radical (unpaired) electrons. The summed E-state index contributed by atoms with van der Waals surface area (Å²) >= 11 is 1.68. The summed E-state index contributed by atoms with van der Waals surface area (Å²) in [7, 11) is -3.76. The van der Waals surface area contributed by atoms with Crippen LogP contribution in [0.15, 0.2) is 58.6 Å². The molecule has 0 bridgehead atoms. The van der Waals surface area contributed by atoms with Gasteiger partial charge in [-0.2, -0.15) is 0 Å². The molecule has 9 nitrogen and oxygen atoms in total. The van der Waals surface area contributed by atoms with Gasteiger partial charge in [0.05, 0.1) is 11.5 Å². The van der Waals surface area contributed by atoms with E-state index in [0.29, 0.717) is 30.5 Å². The molecular formula is C22H25N5O4S2. The number of ether oxygens (including phenoxy) is 1. The molecule has 1 aliphatic rings. The first-order valence-corrected chi connectivity index (χ1v) is 12.9. The second-order valence-electron chi connectivity index (χ2n) is 7.57. The quantitative estimate of drug-likeness (QED) is 0.499. The number of sulfonamides is 1. The van der Waals surface area contributed by atoms with Crippen LogP contribution in [0.5, 0.6) is 0 Å². The van der Waals surface area contributed by atoms with Crippen LogP contribution < -0.4 is 10.0 Å². The van der Waals surface area contributed by atoms with Gasteiger partial charge in [0, 0.05) is 29.6 Å². The molecule has 2 aromatic carbocycles. The van der Waals surface area contributed by atoms with Crippen LogP contribution in [-0.2, 0) is 27.7 Å². The van der Waals surface area contributed by atoms with E-state index in [-0.39, 0.29) is 4.90 Å². The van der Waals surface area contributed by atoms with Crippen molar-refractivity contribution < 1.29 is 17.9 Å². The van der Waals surface area contributed by atoms with Gasteiger partial charge >= 0.3 is 6.09 Å². The van der Waals surface area contributed by atoms with E-state index in [1.165, 1.54) is 0 Å². The summed E-state index contributed by atoms with van der Waals surface area (Å²) in [4.78, 5) is 11.5. The summed E-state index contributed by atoms with van der Waals surface area (Å²) in [5, 5.41) is 12.5. The standard InChI is InChI=1S/C22H25N5O4S2/c1-3-31-22(28)23-12-11-16-7-9-19(10-8-16)33(29,30)26-18-6-4-5-17(13-18)20-24-25-21-27(20)14-15(2)32-21/h4-10,13,15,26H,3,11-12,14H2,1-2H3,(H,23,28). The summed E-state index contributed by atoms with van der Waals surface area (Å²) in [6.45, 7) is 5.41. The van der Waals surface area contributed by atoms with Gasteiger partial charge in [0.2, 0.25) is 0 Å². The highest BCUT2D eigenvalue weighted by Crippen LogP contribution is 2.34. The first kappa shape index (κ1) is 23.1. The first-order valence-electron chi connectivity index (χ1n) is 10.6. The SMILES string of the molecule is CCOC(=O)NCCc1ccc(S(=O)(=O)Nc2cccc(-c3nnc4n3CC(C)S4)c2)cc1. The summed E-state index contributed by atoms with van der Waals surface area (Å²) in [5.41, 5.74) is 2.15. The number of carbonyl (C=O) groups is 1. The van der Waals surface area contributed by atoms with Crippen LogP contribution in [-0.4, -0.2) is 47.7 Å². The number of aromatic nitrogens is 3. The normalized spacial score (nSPS) is 15.2. The maximum absolute atomic E-state index is 12.9. The summed E-state index contributed by atoms with van der Waals surface area (Å²) < 4.78 is 35.3. The summed E-state index contributed by atoms with van der Waals surface area (Å²) in [6, 6.07) is 13.7. The molecule has 3 aromatic rings. The van der Waals surface area contributed by atoms with Gasteiger partial charge in [-0.15, -0.1) is 10.2 Å². The Balaban J connectivity index is 1.43. The predicted molar refractivity (Wildman–Crippen MR) is 127 cm³/mol. The molecule has 174 valence electrons. The Morgan fingerprint density at radius 3 is 2.76 bits per heavy atom. The number of anilines is 1. The minimum atomic E-state index is -3.76. The van der Waals surface area contributed by atoms with Gasteiger partial charge in [-0.1, -0.05) is 43.0 Å². The van der Waals surface area contributed by atoms with Gasteiger partial charge in [-0.3, -0.25) is 4.72 Å². The molecule has 1 atom stereocenters. The summed E-state index contributed by atoms with van der Waals surface area (Å²) in [5.74, 6) is 0.726. The lowest BCUT2D eigenvalue weighted by Gasteiger charge is -2.11. The monoisotopic (exact) mass is 487 g/mol. The fourth-order valence-electron chi connectivity index (χ4n) is 3.49. The van der Waals surface area contributed by atoms with Crippen molar-refractivity contribution in [2.45, 2.75) is 42.1 Å². The maximum Gasteiger partial charge on any atom is 0.407 e. The van der Waals surface area contributed by atoms with Gasteiger partial charge in [0.1, 0.15) is 0 Å². The van der Waals surface area contributed by atoms with E-state index in [1.54, 1.807) is 61.2 Å². The number of rotatable bonds is 8. The van der Waals surface area contributed by atoms with Crippen molar-refractivity contribution in [2.75, 3.05) is 17.9 Å². The number of nitrogens with one attached hydrogen (secondary N) is 2. The Kier molecular flexibility index (Phi) is 6.89. The molecule has 0 fully saturated rings. The van der Waals surface area contributed by atoms with Crippen LogP contribution in [0, 0.1) is 0 Å². The highest BCUT2D eigenvalue weighted by Gasteiger charge is 2.24. The molecule has 1 aliphatic heterocycles. The molecule has 0 aliphatic carbocycles. The Morgan fingerprint density at radius 2 is 2.00 bits per heavy atom. The zero-order chi connectivity index (χ0) is 23.4. The zero-order valence-corrected chi connectivity index (χ0v) is 19.9. The third-order valence-corrected chi connectivity index (χ3v) is 7.49. The highest BCUT2D eigenvalue weighted by atomic mass is 32.2. The van der Waals surface area contributed by atoms with E-state index in [9.17, 15) is 13.2 Å². The van der Waals surface area contributed by atoms with E-state index in [2.05, 4.69) is 31.7 Å². The molecule has 11 heteroatoms.